The number of aromatic nitrogens is 3. The average molecular weight is 482 g/mol. The number of rotatable bonds is 6. The van der Waals surface area contributed by atoms with E-state index in [1.54, 1.807) is 37.5 Å². The normalized spacial score (nSPS) is 15.6. The molecule has 5 rings (SSSR count). The van der Waals surface area contributed by atoms with Crippen molar-refractivity contribution in [2.45, 2.75) is 26.0 Å². The van der Waals surface area contributed by atoms with Crippen LogP contribution in [-0.4, -0.2) is 20.9 Å². The van der Waals surface area contributed by atoms with Crippen LogP contribution in [-0.2, 0) is 4.84 Å². The Morgan fingerprint density at radius 3 is 2.61 bits per heavy atom. The van der Waals surface area contributed by atoms with E-state index in [-0.39, 0.29) is 12.0 Å². The third kappa shape index (κ3) is 5.13. The summed E-state index contributed by atoms with van der Waals surface area (Å²) in [4.78, 5) is 32.0. The number of hydroxylamine groups is 1. The van der Waals surface area contributed by atoms with Crippen molar-refractivity contribution in [1.82, 2.24) is 25.7 Å². The summed E-state index contributed by atoms with van der Waals surface area (Å²) in [5, 5.41) is 2.95. The summed E-state index contributed by atoms with van der Waals surface area (Å²) >= 11 is 0. The van der Waals surface area contributed by atoms with E-state index in [1.165, 1.54) is 6.07 Å². The number of nitrogens with zero attached hydrogens (tertiary/aromatic N) is 3. The van der Waals surface area contributed by atoms with Gasteiger partial charge in [-0.25, -0.2) is 4.39 Å². The van der Waals surface area contributed by atoms with Gasteiger partial charge in [0.15, 0.2) is 0 Å². The zero-order chi connectivity index (χ0) is 25.1. The quantitative estimate of drug-likeness (QED) is 0.399. The molecule has 4 aromatic rings. The van der Waals surface area contributed by atoms with Crippen LogP contribution in [0, 0.1) is 12.7 Å². The van der Waals surface area contributed by atoms with Gasteiger partial charge >= 0.3 is 0 Å². The highest BCUT2D eigenvalue weighted by molar-refractivity contribution is 5.96. The molecule has 0 spiro atoms. The number of amides is 1. The van der Waals surface area contributed by atoms with Crippen LogP contribution in [0.3, 0.4) is 0 Å². The zero-order valence-electron chi connectivity index (χ0n) is 19.8. The van der Waals surface area contributed by atoms with E-state index in [4.69, 9.17) is 4.84 Å². The Morgan fingerprint density at radius 2 is 1.89 bits per heavy atom. The van der Waals surface area contributed by atoms with E-state index in [1.807, 2.05) is 49.4 Å². The predicted octanol–water partition coefficient (Wildman–Crippen LogP) is 5.09. The number of pyridine rings is 3. The van der Waals surface area contributed by atoms with Gasteiger partial charge in [-0.1, -0.05) is 12.1 Å². The first-order valence-corrected chi connectivity index (χ1v) is 11.5. The van der Waals surface area contributed by atoms with Crippen LogP contribution >= 0.6 is 0 Å². The molecule has 1 aliphatic rings. The smallest absolute Gasteiger partial charge is 0.251 e. The fourth-order valence-corrected chi connectivity index (χ4v) is 3.89. The van der Waals surface area contributed by atoms with E-state index in [0.29, 0.717) is 11.3 Å². The van der Waals surface area contributed by atoms with Gasteiger partial charge < -0.3 is 5.32 Å². The summed E-state index contributed by atoms with van der Waals surface area (Å²) in [6.07, 6.45) is 6.21. The number of halogens is 1. The largest absolute Gasteiger partial charge is 0.344 e. The Labute approximate surface area is 208 Å². The van der Waals surface area contributed by atoms with Gasteiger partial charge in [0, 0.05) is 29.1 Å². The number of hydrogen-bond acceptors (Lipinski definition) is 6. The van der Waals surface area contributed by atoms with Gasteiger partial charge in [-0.3, -0.25) is 30.1 Å². The SMILES string of the molecule is Cc1ccc(-c2cc(C(=O)NC(C)c3ccc(F)cn3)cc(C3=CC(c4ccccn4)ON3)c2)nc1. The van der Waals surface area contributed by atoms with Crippen LogP contribution in [0.25, 0.3) is 17.0 Å². The molecular formula is C28H24FN5O2. The predicted molar refractivity (Wildman–Crippen MR) is 134 cm³/mol. The Bertz CT molecular complexity index is 1410. The molecule has 180 valence electrons. The summed E-state index contributed by atoms with van der Waals surface area (Å²) < 4.78 is 13.3. The Kier molecular flexibility index (Phi) is 6.51. The summed E-state index contributed by atoms with van der Waals surface area (Å²) in [6.45, 7) is 3.77. The minimum Gasteiger partial charge on any atom is -0.344 e. The molecule has 8 heteroatoms. The van der Waals surface area contributed by atoms with Gasteiger partial charge in [-0.15, -0.1) is 0 Å². The highest BCUT2D eigenvalue weighted by atomic mass is 19.1. The summed E-state index contributed by atoms with van der Waals surface area (Å²) in [5.41, 5.74) is 8.82. The van der Waals surface area contributed by atoms with Crippen molar-refractivity contribution in [3.63, 3.8) is 0 Å². The molecule has 1 aromatic carbocycles. The van der Waals surface area contributed by atoms with E-state index < -0.39 is 11.9 Å². The maximum atomic E-state index is 13.3. The van der Waals surface area contributed by atoms with Crippen LogP contribution in [0.4, 0.5) is 4.39 Å². The monoisotopic (exact) mass is 481 g/mol. The lowest BCUT2D eigenvalue weighted by atomic mass is 9.99. The molecule has 7 nitrogen and oxygen atoms in total. The van der Waals surface area contributed by atoms with Crippen molar-refractivity contribution in [1.29, 1.82) is 0 Å². The molecule has 1 aliphatic heterocycles. The molecule has 0 radical (unpaired) electrons. The molecule has 36 heavy (non-hydrogen) atoms. The van der Waals surface area contributed by atoms with Crippen molar-refractivity contribution in [2.75, 3.05) is 0 Å². The third-order valence-electron chi connectivity index (χ3n) is 5.85. The number of benzene rings is 1. The first-order valence-electron chi connectivity index (χ1n) is 11.5. The molecule has 2 unspecified atom stereocenters. The van der Waals surface area contributed by atoms with Gasteiger partial charge in [-0.05, 0) is 74.0 Å². The Balaban J connectivity index is 1.48. The molecule has 0 saturated heterocycles. The number of nitrogens with one attached hydrogen (secondary N) is 2. The fraction of sp³-hybridized carbons (Fsp3) is 0.143. The molecule has 1 amide bonds. The summed E-state index contributed by atoms with van der Waals surface area (Å²) in [6, 6.07) is 17.6. The van der Waals surface area contributed by atoms with E-state index in [2.05, 4.69) is 25.7 Å². The van der Waals surface area contributed by atoms with Crippen LogP contribution in [0.15, 0.2) is 85.3 Å². The molecule has 2 atom stereocenters. The molecular weight excluding hydrogens is 457 g/mol. The second-order valence-electron chi connectivity index (χ2n) is 8.59. The number of aryl methyl sites for hydroxylation is 1. The van der Waals surface area contributed by atoms with Crippen LogP contribution in [0.1, 0.15) is 51.9 Å². The van der Waals surface area contributed by atoms with E-state index in [0.717, 1.165) is 40.0 Å². The first kappa shape index (κ1) is 23.3. The van der Waals surface area contributed by atoms with Crippen molar-refractivity contribution in [3.8, 4) is 11.3 Å². The van der Waals surface area contributed by atoms with Crippen LogP contribution in [0.5, 0.6) is 0 Å². The third-order valence-corrected chi connectivity index (χ3v) is 5.85. The first-order chi connectivity index (χ1) is 17.5. The highest BCUT2D eigenvalue weighted by Crippen LogP contribution is 2.30. The second kappa shape index (κ2) is 10.1. The summed E-state index contributed by atoms with van der Waals surface area (Å²) in [7, 11) is 0. The van der Waals surface area contributed by atoms with Gasteiger partial charge in [0.1, 0.15) is 11.9 Å². The highest BCUT2D eigenvalue weighted by Gasteiger charge is 2.22. The molecule has 4 heterocycles. The van der Waals surface area contributed by atoms with Gasteiger partial charge in [0.25, 0.3) is 5.91 Å². The fourth-order valence-electron chi connectivity index (χ4n) is 3.89. The second-order valence-corrected chi connectivity index (χ2v) is 8.59. The molecule has 0 saturated carbocycles. The van der Waals surface area contributed by atoms with E-state index >= 15 is 0 Å². The maximum absolute atomic E-state index is 13.3. The van der Waals surface area contributed by atoms with Crippen LogP contribution < -0.4 is 10.8 Å². The topological polar surface area (TPSA) is 89.0 Å². The molecule has 3 aromatic heterocycles. The Hall–Kier alpha value is -4.43. The molecule has 0 fully saturated rings. The van der Waals surface area contributed by atoms with Gasteiger partial charge in [0.05, 0.1) is 35.0 Å². The van der Waals surface area contributed by atoms with Crippen molar-refractivity contribution in [3.05, 3.63) is 119 Å². The van der Waals surface area contributed by atoms with Crippen molar-refractivity contribution >= 4 is 11.6 Å². The molecule has 2 N–H and O–H groups in total. The standard InChI is InChI=1S/C28H24FN5O2/c1-17-6-8-24(31-15-17)19-11-20(26-14-27(36-34-26)25-5-3-4-10-30-25)13-21(12-19)28(35)33-18(2)23-9-7-22(29)16-32-23/h3-16,18,27,34H,1-2H3,(H,33,35). The van der Waals surface area contributed by atoms with Crippen molar-refractivity contribution < 1.29 is 14.0 Å². The molecule has 0 aliphatic carbocycles. The average Bonchev–Trinajstić information content (AvgIpc) is 3.40. The number of carbonyl (C=O) groups is 1. The molecule has 0 bridgehead atoms. The zero-order valence-corrected chi connectivity index (χ0v) is 19.8. The minimum absolute atomic E-state index is 0.287. The van der Waals surface area contributed by atoms with Gasteiger partial charge in [0.2, 0.25) is 0 Å². The van der Waals surface area contributed by atoms with Gasteiger partial charge in [-0.2, -0.15) is 0 Å². The lowest BCUT2D eigenvalue weighted by Gasteiger charge is -2.15. The lowest BCUT2D eigenvalue weighted by molar-refractivity contribution is 0.0487. The maximum Gasteiger partial charge on any atom is 0.251 e. The number of carbonyl (C=O) groups excluding carboxylic acids is 1. The van der Waals surface area contributed by atoms with E-state index in [9.17, 15) is 9.18 Å². The van der Waals surface area contributed by atoms with Crippen molar-refractivity contribution in [2.24, 2.45) is 0 Å². The van der Waals surface area contributed by atoms with Crippen LogP contribution in [0.2, 0.25) is 0 Å². The summed E-state index contributed by atoms with van der Waals surface area (Å²) in [5.74, 6) is -0.714. The number of hydrogen-bond donors (Lipinski definition) is 2. The lowest BCUT2D eigenvalue weighted by Crippen LogP contribution is -2.27. The minimum atomic E-state index is -0.427. The Morgan fingerprint density at radius 1 is 1.03 bits per heavy atom.